The van der Waals surface area contributed by atoms with Crippen LogP contribution in [0.5, 0.6) is 0 Å². The Morgan fingerprint density at radius 1 is 1.07 bits per heavy atom. The van der Waals surface area contributed by atoms with Crippen LogP contribution in [0, 0.1) is 0 Å². The van der Waals surface area contributed by atoms with Crippen LogP contribution in [0.15, 0.2) is 59.6 Å². The number of alkyl halides is 3. The number of carbonyl (C=O) groups is 1. The minimum Gasteiger partial charge on any atom is -0.321 e. The summed E-state index contributed by atoms with van der Waals surface area (Å²) in [5, 5.41) is 5.82. The van der Waals surface area contributed by atoms with Crippen LogP contribution in [-0.4, -0.2) is 30.4 Å². The molecule has 1 aromatic heterocycles. The van der Waals surface area contributed by atoms with Gasteiger partial charge in [-0.15, -0.1) is 0 Å². The predicted molar refractivity (Wildman–Crippen MR) is 101 cm³/mol. The van der Waals surface area contributed by atoms with Crippen LogP contribution in [-0.2, 0) is 23.1 Å². The summed E-state index contributed by atoms with van der Waals surface area (Å²) in [7, 11) is -2.07. The standard InChI is InChI=1S/C19H16F3N3O3S/c1-25-11-15(17(24-25)19(20,21)22)18(26)23-16-6-4-3-5-14(16)12-7-9-13(10-8-12)29(2,27)28/h3-11H,1-2H3,(H,23,26). The third kappa shape index (κ3) is 4.48. The van der Waals surface area contributed by atoms with Crippen LogP contribution in [0.25, 0.3) is 11.1 Å². The lowest BCUT2D eigenvalue weighted by molar-refractivity contribution is -0.141. The Balaban J connectivity index is 1.96. The van der Waals surface area contributed by atoms with Crippen molar-refractivity contribution in [2.75, 3.05) is 11.6 Å². The molecule has 0 bridgehead atoms. The molecule has 3 rings (SSSR count). The van der Waals surface area contributed by atoms with Crippen molar-refractivity contribution in [1.29, 1.82) is 0 Å². The molecule has 0 unspecified atom stereocenters. The van der Waals surface area contributed by atoms with Gasteiger partial charge in [0, 0.05) is 30.8 Å². The molecule has 0 fully saturated rings. The molecule has 0 aliphatic carbocycles. The summed E-state index contributed by atoms with van der Waals surface area (Å²) in [6, 6.07) is 12.5. The lowest BCUT2D eigenvalue weighted by Crippen LogP contribution is -2.18. The number of nitrogens with zero attached hydrogens (tertiary/aromatic N) is 2. The van der Waals surface area contributed by atoms with Crippen molar-refractivity contribution in [1.82, 2.24) is 9.78 Å². The summed E-state index contributed by atoms with van der Waals surface area (Å²) in [5.74, 6) is -0.953. The van der Waals surface area contributed by atoms with Gasteiger partial charge in [-0.25, -0.2) is 8.42 Å². The maximum absolute atomic E-state index is 13.1. The lowest BCUT2D eigenvalue weighted by Gasteiger charge is -2.12. The first-order chi connectivity index (χ1) is 13.5. The number of sulfone groups is 1. The average molecular weight is 423 g/mol. The number of carbonyl (C=O) groups excluding carboxylic acids is 1. The van der Waals surface area contributed by atoms with E-state index in [2.05, 4.69) is 10.4 Å². The monoisotopic (exact) mass is 423 g/mol. The number of hydrogen-bond acceptors (Lipinski definition) is 4. The Morgan fingerprint density at radius 3 is 2.28 bits per heavy atom. The topological polar surface area (TPSA) is 81.1 Å². The van der Waals surface area contributed by atoms with E-state index in [9.17, 15) is 26.4 Å². The number of amides is 1. The van der Waals surface area contributed by atoms with Gasteiger partial charge in [0.1, 0.15) is 0 Å². The van der Waals surface area contributed by atoms with Gasteiger partial charge >= 0.3 is 6.18 Å². The van der Waals surface area contributed by atoms with Crippen molar-refractivity contribution < 1.29 is 26.4 Å². The van der Waals surface area contributed by atoms with Crippen molar-refractivity contribution >= 4 is 21.4 Å². The van der Waals surface area contributed by atoms with Gasteiger partial charge in [0.2, 0.25) is 0 Å². The summed E-state index contributed by atoms with van der Waals surface area (Å²) in [6.07, 6.45) is -2.68. The molecule has 29 heavy (non-hydrogen) atoms. The van der Waals surface area contributed by atoms with Crippen molar-refractivity contribution in [2.24, 2.45) is 7.05 Å². The maximum atomic E-state index is 13.1. The van der Waals surface area contributed by atoms with Gasteiger partial charge in [-0.3, -0.25) is 9.48 Å². The molecule has 0 saturated heterocycles. The molecular formula is C19H16F3N3O3S. The molecule has 3 aromatic rings. The molecule has 1 amide bonds. The molecule has 0 radical (unpaired) electrons. The van der Waals surface area contributed by atoms with Crippen LogP contribution >= 0.6 is 0 Å². The SMILES string of the molecule is Cn1cc(C(=O)Nc2ccccc2-c2ccc(S(C)(=O)=O)cc2)c(C(F)(F)F)n1. The number of halogens is 3. The highest BCUT2D eigenvalue weighted by molar-refractivity contribution is 7.90. The van der Waals surface area contributed by atoms with Gasteiger partial charge in [0.15, 0.2) is 15.5 Å². The number of hydrogen-bond donors (Lipinski definition) is 1. The van der Waals surface area contributed by atoms with E-state index in [0.29, 0.717) is 11.1 Å². The Kier molecular flexibility index (Phi) is 5.22. The molecule has 0 aliphatic rings. The number of aromatic nitrogens is 2. The van der Waals surface area contributed by atoms with E-state index in [0.717, 1.165) is 17.1 Å². The first kappa shape index (κ1) is 20.6. The Labute approximate surface area is 164 Å². The molecule has 2 aromatic carbocycles. The zero-order chi connectivity index (χ0) is 21.4. The van der Waals surface area contributed by atoms with E-state index in [1.54, 1.807) is 36.4 Å². The normalized spacial score (nSPS) is 12.0. The summed E-state index contributed by atoms with van der Waals surface area (Å²) in [4.78, 5) is 12.7. The van der Waals surface area contributed by atoms with Gasteiger partial charge in [0.25, 0.3) is 5.91 Å². The summed E-state index contributed by atoms with van der Waals surface area (Å²) in [5.41, 5.74) is -0.467. The van der Waals surface area contributed by atoms with E-state index in [4.69, 9.17) is 0 Å². The van der Waals surface area contributed by atoms with E-state index in [1.807, 2.05) is 0 Å². The minimum atomic E-state index is -4.77. The molecule has 10 heteroatoms. The quantitative estimate of drug-likeness (QED) is 0.693. The van der Waals surface area contributed by atoms with Crippen LogP contribution in [0.1, 0.15) is 16.1 Å². The first-order valence-corrected chi connectivity index (χ1v) is 10.2. The average Bonchev–Trinajstić information content (AvgIpc) is 3.04. The molecule has 0 atom stereocenters. The largest absolute Gasteiger partial charge is 0.435 e. The van der Waals surface area contributed by atoms with E-state index >= 15 is 0 Å². The third-order valence-corrected chi connectivity index (χ3v) is 5.24. The molecule has 152 valence electrons. The highest BCUT2D eigenvalue weighted by Crippen LogP contribution is 2.32. The van der Waals surface area contributed by atoms with Crippen molar-refractivity contribution in [3.63, 3.8) is 0 Å². The fraction of sp³-hybridized carbons (Fsp3) is 0.158. The molecule has 0 aliphatic heterocycles. The Bertz CT molecular complexity index is 1170. The predicted octanol–water partition coefficient (Wildman–Crippen LogP) is 3.76. The number of anilines is 1. The molecule has 1 heterocycles. The van der Waals surface area contributed by atoms with E-state index in [1.165, 1.54) is 19.2 Å². The van der Waals surface area contributed by atoms with Gasteiger partial charge in [0.05, 0.1) is 10.5 Å². The van der Waals surface area contributed by atoms with Crippen LogP contribution in [0.4, 0.5) is 18.9 Å². The Morgan fingerprint density at radius 2 is 1.69 bits per heavy atom. The zero-order valence-electron chi connectivity index (χ0n) is 15.4. The number of benzene rings is 2. The van der Waals surface area contributed by atoms with Crippen LogP contribution < -0.4 is 5.32 Å². The fourth-order valence-corrected chi connectivity index (χ4v) is 3.41. The van der Waals surface area contributed by atoms with Gasteiger partial charge in [-0.2, -0.15) is 18.3 Å². The number of para-hydroxylation sites is 1. The third-order valence-electron chi connectivity index (χ3n) is 4.11. The van der Waals surface area contributed by atoms with Crippen LogP contribution in [0.3, 0.4) is 0 Å². The maximum Gasteiger partial charge on any atom is 0.435 e. The number of nitrogens with one attached hydrogen (secondary N) is 1. The fourth-order valence-electron chi connectivity index (χ4n) is 2.78. The number of rotatable bonds is 4. The smallest absolute Gasteiger partial charge is 0.321 e. The van der Waals surface area contributed by atoms with Crippen molar-refractivity contribution in [3.05, 3.63) is 66.0 Å². The molecular weight excluding hydrogens is 407 g/mol. The highest BCUT2D eigenvalue weighted by Gasteiger charge is 2.39. The summed E-state index contributed by atoms with van der Waals surface area (Å²) < 4.78 is 63.5. The second kappa shape index (κ2) is 7.36. The highest BCUT2D eigenvalue weighted by atomic mass is 32.2. The van der Waals surface area contributed by atoms with Gasteiger partial charge in [-0.1, -0.05) is 30.3 Å². The molecule has 0 spiro atoms. The number of aryl methyl sites for hydroxylation is 1. The molecule has 6 nitrogen and oxygen atoms in total. The Hall–Kier alpha value is -3.14. The van der Waals surface area contributed by atoms with Crippen LogP contribution in [0.2, 0.25) is 0 Å². The minimum absolute atomic E-state index is 0.132. The van der Waals surface area contributed by atoms with E-state index < -0.39 is 33.2 Å². The molecule has 0 saturated carbocycles. The summed E-state index contributed by atoms with van der Waals surface area (Å²) >= 11 is 0. The molecule has 1 N–H and O–H groups in total. The van der Waals surface area contributed by atoms with Gasteiger partial charge in [-0.05, 0) is 23.8 Å². The second-order valence-electron chi connectivity index (χ2n) is 6.36. The van der Waals surface area contributed by atoms with Crippen molar-refractivity contribution in [2.45, 2.75) is 11.1 Å². The summed E-state index contributed by atoms with van der Waals surface area (Å²) in [6.45, 7) is 0. The van der Waals surface area contributed by atoms with E-state index in [-0.39, 0.29) is 10.6 Å². The van der Waals surface area contributed by atoms with Crippen molar-refractivity contribution in [3.8, 4) is 11.1 Å². The lowest BCUT2D eigenvalue weighted by atomic mass is 10.0. The zero-order valence-corrected chi connectivity index (χ0v) is 16.2. The first-order valence-electron chi connectivity index (χ1n) is 8.28. The second-order valence-corrected chi connectivity index (χ2v) is 8.37. The van der Waals surface area contributed by atoms with Gasteiger partial charge < -0.3 is 5.32 Å².